The molecular weight excluding hydrogens is 1730 g/mol. The molecule has 9 heterocycles. The molecule has 0 aliphatic carbocycles. The van der Waals surface area contributed by atoms with Crippen LogP contribution in [-0.4, -0.2) is 546 Å². The highest BCUT2D eigenvalue weighted by Crippen LogP contribution is 2.41. The summed E-state index contributed by atoms with van der Waals surface area (Å²) in [6.45, 7) is -8.57. The molecule has 0 unspecified atom stereocenters. The van der Waals surface area contributed by atoms with Gasteiger partial charge in [-0.25, -0.2) is 0 Å². The summed E-state index contributed by atoms with van der Waals surface area (Å²) in [7, 11) is 0. The number of ether oxygens (including phenoxy) is 18. The average molecular weight is 1850 g/mol. The van der Waals surface area contributed by atoms with Gasteiger partial charge in [0.15, 0.2) is 56.6 Å². The Bertz CT molecular complexity index is 3380. The monoisotopic (exact) mass is 1850 g/mol. The van der Waals surface area contributed by atoms with Crippen molar-refractivity contribution in [3.63, 3.8) is 0 Å². The van der Waals surface area contributed by atoms with E-state index in [-0.39, 0.29) is 0 Å². The standard InChI is InChI=1S/C70H119N5O51/c1-17(85)71-22(6-76)37(91)55(23(90)7-77)120-65-36(75-21(5)89)47(101)56(29(13-83)116-65)122-69-54(108)60(125-70-61(126-64-35(74-20(4)88)46(100)40(94)26(10-80)113-64)52(106)57(30(14-84)117-70)121-62-33(72-18(2)86)44(98)38(92)24(8-78)111-62)58(123-63-34(73-19(3)87)45(99)39(93)25(9-79)112-63)32(119-69)16-110-67-53(107)59(124-68-51(105)49(103)42(96)28(12-82)115-68)43(97)31(118-67)15-109-66-50(104)48(102)41(95)27(11-81)114-66/h22-70,76-84,90-108H,6-16H2,1-5H3,(H,71,85)(H,72,86)(H,73,87)(H,74,88)(H,75,89)/t22-,23+,24+,25+,26+,27+,28+,29+,30+,31+,32+,33+,34+,35+,36+,37+,38+,39+,40+,41+,42+,43+,44+,45+,46+,47+,48-,49-,50-,51-,52-,53-,54-,55+,56+,57+,58+,59-,60+,61-,62-,63-,64-,65-,66-,67-,68+,69-,70+/m0/s1. The lowest BCUT2D eigenvalue weighted by atomic mass is 9.93. The third-order valence-electron chi connectivity index (χ3n) is 22.5. The van der Waals surface area contributed by atoms with Gasteiger partial charge >= 0.3 is 0 Å². The minimum Gasteiger partial charge on any atom is -0.394 e. The lowest BCUT2D eigenvalue weighted by molar-refractivity contribution is -0.411. The molecule has 0 spiro atoms. The Morgan fingerprint density at radius 3 is 1.00 bits per heavy atom. The first-order chi connectivity index (χ1) is 59.6. The predicted molar refractivity (Wildman–Crippen MR) is 390 cm³/mol. The van der Waals surface area contributed by atoms with Gasteiger partial charge in [0.05, 0.1) is 78.7 Å². The average Bonchev–Trinajstić information content (AvgIpc) is 0.757. The largest absolute Gasteiger partial charge is 0.394 e. The van der Waals surface area contributed by atoms with Crippen LogP contribution in [0, 0.1) is 0 Å². The van der Waals surface area contributed by atoms with E-state index >= 15 is 0 Å². The lowest BCUT2D eigenvalue weighted by Gasteiger charge is -2.53. The Morgan fingerprint density at radius 2 is 0.579 bits per heavy atom. The molecule has 0 radical (unpaired) electrons. The highest BCUT2D eigenvalue weighted by molar-refractivity contribution is 5.75. The molecule has 0 bridgehead atoms. The molecule has 49 atom stereocenters. The maximum absolute atomic E-state index is 13.5. The molecule has 0 aromatic heterocycles. The summed E-state index contributed by atoms with van der Waals surface area (Å²) in [6, 6.07) is -9.79. The summed E-state index contributed by atoms with van der Waals surface area (Å²) in [5.41, 5.74) is 0. The Hall–Kier alpha value is -4.49. The van der Waals surface area contributed by atoms with Gasteiger partial charge in [-0.15, -0.1) is 0 Å². The van der Waals surface area contributed by atoms with Crippen LogP contribution in [-0.2, 0) is 109 Å². The van der Waals surface area contributed by atoms with Crippen molar-refractivity contribution in [3.8, 4) is 0 Å². The zero-order valence-corrected chi connectivity index (χ0v) is 68.0. The maximum atomic E-state index is 13.5. The molecule has 33 N–H and O–H groups in total. The van der Waals surface area contributed by atoms with Gasteiger partial charge < -0.3 is 255 Å². The number of rotatable bonds is 37. The zero-order valence-electron chi connectivity index (χ0n) is 68.0. The van der Waals surface area contributed by atoms with Gasteiger partial charge in [0.25, 0.3) is 0 Å². The summed E-state index contributed by atoms with van der Waals surface area (Å²) in [5.74, 6) is -4.87. The van der Waals surface area contributed by atoms with Gasteiger partial charge in [0.1, 0.15) is 238 Å². The molecule has 56 heteroatoms. The molecule has 9 aliphatic heterocycles. The molecule has 9 rings (SSSR count). The Morgan fingerprint density at radius 1 is 0.270 bits per heavy atom. The van der Waals surface area contributed by atoms with Crippen molar-refractivity contribution in [1.29, 1.82) is 0 Å². The van der Waals surface area contributed by atoms with Crippen molar-refractivity contribution in [2.75, 3.05) is 72.7 Å². The normalized spacial score (nSPS) is 45.8. The second-order valence-electron chi connectivity index (χ2n) is 31.5. The van der Waals surface area contributed by atoms with Gasteiger partial charge in [-0.2, -0.15) is 0 Å². The summed E-state index contributed by atoms with van der Waals surface area (Å²) < 4.78 is 110. The number of carbonyl (C=O) groups excluding carboxylic acids is 5. The summed E-state index contributed by atoms with van der Waals surface area (Å²) in [5, 5.41) is 326. The van der Waals surface area contributed by atoms with Crippen LogP contribution in [0.3, 0.4) is 0 Å². The number of hydrogen-bond acceptors (Lipinski definition) is 51. The quantitative estimate of drug-likeness (QED) is 0.0275. The van der Waals surface area contributed by atoms with Crippen LogP contribution in [0.1, 0.15) is 34.6 Å². The second-order valence-corrected chi connectivity index (χ2v) is 31.5. The van der Waals surface area contributed by atoms with Gasteiger partial charge in [-0.1, -0.05) is 0 Å². The first-order valence-corrected chi connectivity index (χ1v) is 40.0. The van der Waals surface area contributed by atoms with Crippen molar-refractivity contribution >= 4 is 29.5 Å². The van der Waals surface area contributed by atoms with Crippen molar-refractivity contribution in [1.82, 2.24) is 26.6 Å². The molecule has 9 aliphatic rings. The van der Waals surface area contributed by atoms with Crippen LogP contribution >= 0.6 is 0 Å². The predicted octanol–water partition coefficient (Wildman–Crippen LogP) is -22.4. The van der Waals surface area contributed by atoms with Crippen molar-refractivity contribution in [3.05, 3.63) is 0 Å². The number of amides is 5. The number of carbonyl (C=O) groups is 5. The molecule has 5 amide bonds. The van der Waals surface area contributed by atoms with E-state index in [1.165, 1.54) is 0 Å². The second kappa shape index (κ2) is 46.9. The number of aliphatic hydroxyl groups excluding tert-OH is 28. The molecule has 9 saturated heterocycles. The molecule has 126 heavy (non-hydrogen) atoms. The Labute approximate surface area is 714 Å². The van der Waals surface area contributed by atoms with E-state index in [9.17, 15) is 167 Å². The zero-order chi connectivity index (χ0) is 93.2. The van der Waals surface area contributed by atoms with E-state index < -0.39 is 403 Å². The first kappa shape index (κ1) is 105. The fourth-order valence-electron chi connectivity index (χ4n) is 15.8. The molecule has 9 fully saturated rings. The topological polar surface area (TPSA) is 878 Å². The smallest absolute Gasteiger partial charge is 0.217 e. The van der Waals surface area contributed by atoms with Gasteiger partial charge in [-0.3, -0.25) is 24.0 Å². The van der Waals surface area contributed by atoms with Crippen LogP contribution in [0.4, 0.5) is 0 Å². The Kier molecular flexibility index (Phi) is 39.2. The number of nitrogens with one attached hydrogen (secondary N) is 5. The van der Waals surface area contributed by atoms with Gasteiger partial charge in [0, 0.05) is 34.6 Å². The Balaban J connectivity index is 1.23. The highest BCUT2D eigenvalue weighted by Gasteiger charge is 2.62. The molecule has 0 aromatic rings. The number of hydrogen-bond donors (Lipinski definition) is 33. The summed E-state index contributed by atoms with van der Waals surface area (Å²) in [4.78, 5) is 64.5. The molecule has 56 nitrogen and oxygen atoms in total. The van der Waals surface area contributed by atoms with Crippen LogP contribution in [0.15, 0.2) is 0 Å². The SMILES string of the molecule is CC(=O)N[C@H]1[C@H](O[C@@H]([C@H](O)[C@H](CO)NC(C)=O)[C@H](O)CO)O[C@H](CO)[C@@H](O[C@@H]2O[C@H](CO[C@H]3O[C@H](CO[C@H]4O[C@H](CO)[C@@H](O)[C@H](O)[C@@H]4O)[C@@H](O)[C@H](O[C@H]4O[C@H](CO)[C@@H](O)[C@H](O)[C@@H]4O)[C@@H]3O)[C@@H](O[C@@H]3O[C@H](CO)[C@@H](O)[C@H](O)[C@H]3NC(C)=O)[C@H](O[C@H]3O[C@H](CO)[C@@H](O[C@@H]4O[C@H](CO)[C@@H](O)[C@H](O)[C@H]4NC(C)=O)[C@H](O)[C@@H]3O[C@@H]3O[C@H](CO)[C@@H](O)[C@H](O)[C@H]3NC(C)=O)[C@@H]2O)[C@@H]1O. The minimum absolute atomic E-state index is 0.856. The third-order valence-corrected chi connectivity index (χ3v) is 22.5. The summed E-state index contributed by atoms with van der Waals surface area (Å²) >= 11 is 0. The van der Waals surface area contributed by atoms with Crippen LogP contribution in [0.2, 0.25) is 0 Å². The van der Waals surface area contributed by atoms with Crippen molar-refractivity contribution in [2.45, 2.75) is 335 Å². The lowest BCUT2D eigenvalue weighted by Crippen LogP contribution is -2.72. The fraction of sp³-hybridized carbons (Fsp3) is 0.929. The van der Waals surface area contributed by atoms with E-state index in [1.807, 2.05) is 0 Å². The fourth-order valence-corrected chi connectivity index (χ4v) is 15.8. The molecular formula is C70H119N5O51. The van der Waals surface area contributed by atoms with Crippen LogP contribution < -0.4 is 26.6 Å². The van der Waals surface area contributed by atoms with Crippen molar-refractivity contribution < 1.29 is 252 Å². The minimum atomic E-state index is -2.84. The maximum Gasteiger partial charge on any atom is 0.217 e. The summed E-state index contributed by atoms with van der Waals surface area (Å²) in [6.07, 6.45) is -99.0. The van der Waals surface area contributed by atoms with E-state index in [0.717, 1.165) is 34.6 Å². The highest BCUT2D eigenvalue weighted by atomic mass is 16.8. The first-order valence-electron chi connectivity index (χ1n) is 40.0. The van der Waals surface area contributed by atoms with Crippen LogP contribution in [0.5, 0.6) is 0 Å². The van der Waals surface area contributed by atoms with Crippen LogP contribution in [0.25, 0.3) is 0 Å². The molecule has 0 aromatic carbocycles. The van der Waals surface area contributed by atoms with Crippen molar-refractivity contribution in [2.24, 2.45) is 0 Å². The van der Waals surface area contributed by atoms with Gasteiger partial charge in [-0.05, 0) is 0 Å². The molecule has 0 saturated carbocycles. The third kappa shape index (κ3) is 24.2. The van der Waals surface area contributed by atoms with Gasteiger partial charge in [0.2, 0.25) is 29.5 Å². The van der Waals surface area contributed by atoms with E-state index in [2.05, 4.69) is 26.6 Å². The van der Waals surface area contributed by atoms with E-state index in [4.69, 9.17) is 85.3 Å². The molecule has 730 valence electrons. The number of aliphatic hydroxyl groups is 28. The van der Waals surface area contributed by atoms with E-state index in [0.29, 0.717) is 0 Å². The van der Waals surface area contributed by atoms with E-state index in [1.54, 1.807) is 0 Å².